The van der Waals surface area contributed by atoms with Gasteiger partial charge in [0, 0.05) is 0 Å². The van der Waals surface area contributed by atoms with Crippen molar-refractivity contribution in [3.8, 4) is 0 Å². The first-order chi connectivity index (χ1) is 7.76. The van der Waals surface area contributed by atoms with Gasteiger partial charge in [0.05, 0.1) is 17.8 Å². The highest BCUT2D eigenvalue weighted by atomic mass is 79.9. The zero-order valence-corrected chi connectivity index (χ0v) is 10.4. The molecule has 0 aromatic carbocycles. The van der Waals surface area contributed by atoms with Gasteiger partial charge in [-0.05, 0) is 59.2 Å². The number of aromatic nitrogens is 3. The fraction of sp³-hybridized carbons (Fsp3) is 0.500. The first-order valence-electron chi connectivity index (χ1n) is 5.76. The molecule has 2 fully saturated rings. The van der Waals surface area contributed by atoms with Crippen molar-refractivity contribution in [3.63, 3.8) is 0 Å². The van der Waals surface area contributed by atoms with Gasteiger partial charge in [-0.2, -0.15) is 5.10 Å². The lowest BCUT2D eigenvalue weighted by atomic mass is 9.77. The van der Waals surface area contributed by atoms with Crippen molar-refractivity contribution in [3.05, 3.63) is 22.9 Å². The summed E-state index contributed by atoms with van der Waals surface area (Å²) in [5.74, 6) is 0. The van der Waals surface area contributed by atoms with E-state index in [0.29, 0.717) is 6.04 Å². The van der Waals surface area contributed by atoms with Crippen LogP contribution in [-0.4, -0.2) is 14.8 Å². The third-order valence-corrected chi connectivity index (χ3v) is 4.50. The molecule has 4 heteroatoms. The molecule has 3 nitrogen and oxygen atoms in total. The summed E-state index contributed by atoms with van der Waals surface area (Å²) in [7, 11) is 0. The standard InChI is InChI=1S/C12H12BrN3/c13-11-2-1-10-9(15-11)7-14-16(10)8-5-12(6-8)3-4-12/h1-2,7-8H,3-6H2. The molecule has 0 atom stereocenters. The van der Waals surface area contributed by atoms with Crippen molar-refractivity contribution in [1.29, 1.82) is 0 Å². The van der Waals surface area contributed by atoms with E-state index < -0.39 is 0 Å². The largest absolute Gasteiger partial charge is 0.260 e. The Hall–Kier alpha value is -0.900. The molecule has 0 saturated heterocycles. The molecule has 2 saturated carbocycles. The van der Waals surface area contributed by atoms with Gasteiger partial charge < -0.3 is 0 Å². The van der Waals surface area contributed by atoms with E-state index in [2.05, 4.69) is 36.8 Å². The average molecular weight is 278 g/mol. The van der Waals surface area contributed by atoms with Gasteiger partial charge in [-0.15, -0.1) is 0 Å². The molecule has 0 bridgehead atoms. The SMILES string of the molecule is Brc1ccc2c(cnn2C2CC3(CC3)C2)n1. The van der Waals surface area contributed by atoms with Crippen molar-refractivity contribution in [2.24, 2.45) is 5.41 Å². The number of fused-ring (bicyclic) bond motifs is 1. The van der Waals surface area contributed by atoms with Crippen LogP contribution in [0.15, 0.2) is 22.9 Å². The maximum absolute atomic E-state index is 4.49. The number of rotatable bonds is 1. The Morgan fingerprint density at radius 2 is 2.12 bits per heavy atom. The summed E-state index contributed by atoms with van der Waals surface area (Å²) >= 11 is 3.39. The van der Waals surface area contributed by atoms with E-state index in [1.165, 1.54) is 31.2 Å². The first kappa shape index (κ1) is 9.16. The third-order valence-electron chi connectivity index (χ3n) is 4.06. The minimum Gasteiger partial charge on any atom is -0.260 e. The first-order valence-corrected chi connectivity index (χ1v) is 6.55. The molecule has 1 spiro atoms. The van der Waals surface area contributed by atoms with Gasteiger partial charge in [0.1, 0.15) is 10.1 Å². The molecule has 0 unspecified atom stereocenters. The van der Waals surface area contributed by atoms with Gasteiger partial charge in [-0.25, -0.2) is 4.98 Å². The maximum Gasteiger partial charge on any atom is 0.110 e. The molecule has 82 valence electrons. The number of halogens is 1. The number of pyridine rings is 1. The Bertz CT molecular complexity index is 563. The van der Waals surface area contributed by atoms with Crippen LogP contribution in [0, 0.1) is 5.41 Å². The second-order valence-corrected chi connectivity index (χ2v) is 6.00. The zero-order chi connectivity index (χ0) is 10.8. The number of hydrogen-bond donors (Lipinski definition) is 0. The van der Waals surface area contributed by atoms with Gasteiger partial charge in [0.2, 0.25) is 0 Å². The molecule has 0 radical (unpaired) electrons. The van der Waals surface area contributed by atoms with Gasteiger partial charge in [-0.1, -0.05) is 0 Å². The summed E-state index contributed by atoms with van der Waals surface area (Å²) in [6.45, 7) is 0. The van der Waals surface area contributed by atoms with E-state index in [9.17, 15) is 0 Å². The van der Waals surface area contributed by atoms with E-state index in [4.69, 9.17) is 0 Å². The molecule has 16 heavy (non-hydrogen) atoms. The van der Waals surface area contributed by atoms with Crippen LogP contribution < -0.4 is 0 Å². The van der Waals surface area contributed by atoms with Crippen LogP contribution >= 0.6 is 15.9 Å². The maximum atomic E-state index is 4.49. The zero-order valence-electron chi connectivity index (χ0n) is 8.86. The molecule has 2 heterocycles. The number of nitrogens with zero attached hydrogens (tertiary/aromatic N) is 3. The van der Waals surface area contributed by atoms with Crippen LogP contribution in [0.4, 0.5) is 0 Å². The molecule has 2 aliphatic rings. The molecule has 0 aliphatic heterocycles. The summed E-state index contributed by atoms with van der Waals surface area (Å²) in [5.41, 5.74) is 2.89. The lowest BCUT2D eigenvalue weighted by Crippen LogP contribution is -2.28. The van der Waals surface area contributed by atoms with Crippen LogP contribution in [0.2, 0.25) is 0 Å². The van der Waals surface area contributed by atoms with E-state index in [1.54, 1.807) is 0 Å². The Labute approximate surface area is 102 Å². The second-order valence-electron chi connectivity index (χ2n) is 5.19. The Morgan fingerprint density at radius 3 is 2.88 bits per heavy atom. The normalized spacial score (nSPS) is 22.6. The second kappa shape index (κ2) is 2.86. The summed E-state index contributed by atoms with van der Waals surface area (Å²) in [6.07, 6.45) is 7.39. The van der Waals surface area contributed by atoms with Crippen molar-refractivity contribution >= 4 is 27.0 Å². The van der Waals surface area contributed by atoms with Crippen LogP contribution in [0.25, 0.3) is 11.0 Å². The molecule has 2 aliphatic carbocycles. The van der Waals surface area contributed by atoms with Crippen molar-refractivity contribution < 1.29 is 0 Å². The van der Waals surface area contributed by atoms with E-state index in [0.717, 1.165) is 15.5 Å². The van der Waals surface area contributed by atoms with Crippen molar-refractivity contribution in [2.45, 2.75) is 31.7 Å². The smallest absolute Gasteiger partial charge is 0.110 e. The Morgan fingerprint density at radius 1 is 1.31 bits per heavy atom. The molecular formula is C12H12BrN3. The summed E-state index contributed by atoms with van der Waals surface area (Å²) in [6, 6.07) is 4.71. The van der Waals surface area contributed by atoms with E-state index in [1.807, 2.05) is 12.3 Å². The fourth-order valence-corrected chi connectivity index (χ4v) is 3.22. The third kappa shape index (κ3) is 1.19. The lowest BCUT2D eigenvalue weighted by Gasteiger charge is -2.36. The fourth-order valence-electron chi connectivity index (χ4n) is 2.90. The Kier molecular flexibility index (Phi) is 1.64. The highest BCUT2D eigenvalue weighted by Gasteiger charge is 2.53. The van der Waals surface area contributed by atoms with Crippen LogP contribution in [0.1, 0.15) is 31.7 Å². The van der Waals surface area contributed by atoms with Gasteiger partial charge in [-0.3, -0.25) is 4.68 Å². The summed E-state index contributed by atoms with van der Waals surface area (Å²) in [4.78, 5) is 4.42. The molecule has 4 rings (SSSR count). The quantitative estimate of drug-likeness (QED) is 0.749. The van der Waals surface area contributed by atoms with Crippen molar-refractivity contribution in [1.82, 2.24) is 14.8 Å². The monoisotopic (exact) mass is 277 g/mol. The molecule has 0 amide bonds. The minimum absolute atomic E-state index is 0.614. The highest BCUT2D eigenvalue weighted by Crippen LogP contribution is 2.64. The van der Waals surface area contributed by atoms with Gasteiger partial charge in [0.15, 0.2) is 0 Å². The topological polar surface area (TPSA) is 30.7 Å². The Balaban J connectivity index is 1.75. The van der Waals surface area contributed by atoms with Crippen molar-refractivity contribution in [2.75, 3.05) is 0 Å². The average Bonchev–Trinajstić information content (AvgIpc) is 2.92. The van der Waals surface area contributed by atoms with E-state index in [-0.39, 0.29) is 0 Å². The van der Waals surface area contributed by atoms with Gasteiger partial charge in [0.25, 0.3) is 0 Å². The molecule has 2 aromatic rings. The number of hydrogen-bond acceptors (Lipinski definition) is 2. The highest BCUT2D eigenvalue weighted by molar-refractivity contribution is 9.10. The van der Waals surface area contributed by atoms with Gasteiger partial charge >= 0.3 is 0 Å². The summed E-state index contributed by atoms with van der Waals surface area (Å²) in [5, 5.41) is 4.49. The summed E-state index contributed by atoms with van der Waals surface area (Å²) < 4.78 is 3.05. The molecule has 2 aromatic heterocycles. The van der Waals surface area contributed by atoms with Crippen LogP contribution in [-0.2, 0) is 0 Å². The molecule has 0 N–H and O–H groups in total. The van der Waals surface area contributed by atoms with Crippen LogP contribution in [0.3, 0.4) is 0 Å². The van der Waals surface area contributed by atoms with Crippen LogP contribution in [0.5, 0.6) is 0 Å². The predicted octanol–water partition coefficient (Wildman–Crippen LogP) is 3.31. The minimum atomic E-state index is 0.614. The lowest BCUT2D eigenvalue weighted by molar-refractivity contribution is 0.166. The van der Waals surface area contributed by atoms with E-state index >= 15 is 0 Å². The molecular weight excluding hydrogens is 266 g/mol. The predicted molar refractivity (Wildman–Crippen MR) is 65.2 cm³/mol.